The predicted octanol–water partition coefficient (Wildman–Crippen LogP) is 2.74. The lowest BCUT2D eigenvalue weighted by Crippen LogP contribution is -2.28. The highest BCUT2D eigenvalue weighted by atomic mass is 35.5. The number of carbonyl (C=O) groups is 1. The van der Waals surface area contributed by atoms with E-state index in [0.717, 1.165) is 48.3 Å². The molecule has 4 rings (SSSR count). The van der Waals surface area contributed by atoms with Gasteiger partial charge in [-0.05, 0) is 43.2 Å². The van der Waals surface area contributed by atoms with Gasteiger partial charge < -0.3 is 10.6 Å². The second-order valence-electron chi connectivity index (χ2n) is 5.88. The van der Waals surface area contributed by atoms with Crippen LogP contribution in [-0.2, 0) is 4.79 Å². The highest BCUT2D eigenvalue weighted by molar-refractivity contribution is 6.31. The van der Waals surface area contributed by atoms with Crippen LogP contribution in [0.25, 0.3) is 16.6 Å². The summed E-state index contributed by atoms with van der Waals surface area (Å²) in [4.78, 5) is 27.9. The topological polar surface area (TPSA) is 81.2 Å². The number of benzene rings is 2. The molecule has 0 radical (unpaired) electrons. The van der Waals surface area contributed by atoms with E-state index in [4.69, 9.17) is 16.4 Å². The summed E-state index contributed by atoms with van der Waals surface area (Å²) in [5, 5.41) is 1.57. The van der Waals surface area contributed by atoms with E-state index in [2.05, 4.69) is 15.6 Å². The van der Waals surface area contributed by atoms with Gasteiger partial charge in [-0.15, -0.1) is 0 Å². The molecule has 134 valence electrons. The summed E-state index contributed by atoms with van der Waals surface area (Å²) in [5.74, 6) is 0.770. The SMILES string of the molecule is NC=O.O=c1nc(N2CCCC2)c2ccc(Cl)cc2n1-c1ccccc1. The number of para-hydroxylation sites is 1. The molecule has 0 aliphatic carbocycles. The molecule has 1 aromatic heterocycles. The van der Waals surface area contributed by atoms with Gasteiger partial charge >= 0.3 is 5.69 Å². The maximum atomic E-state index is 12.7. The fourth-order valence-electron chi connectivity index (χ4n) is 3.18. The van der Waals surface area contributed by atoms with E-state index in [1.807, 2.05) is 48.5 Å². The number of aromatic nitrogens is 2. The Hall–Kier alpha value is -2.86. The molecule has 3 aromatic rings. The fraction of sp³-hybridized carbons (Fsp3) is 0.211. The average Bonchev–Trinajstić information content (AvgIpc) is 3.17. The van der Waals surface area contributed by atoms with Gasteiger partial charge in [-0.3, -0.25) is 9.36 Å². The standard InChI is InChI=1S/C18H16ClN3O.CH3NO/c19-13-8-9-15-16(12-13)22(14-6-2-1-3-7-14)18(23)20-17(15)21-10-4-5-11-21;2-1-3/h1-3,6-9,12H,4-5,10-11H2;1H,(H2,2,3). The molecule has 0 atom stereocenters. The summed E-state index contributed by atoms with van der Waals surface area (Å²) in [6, 6.07) is 15.2. The van der Waals surface area contributed by atoms with Gasteiger partial charge in [-0.25, -0.2) is 4.79 Å². The zero-order valence-corrected chi connectivity index (χ0v) is 14.9. The molecule has 2 N–H and O–H groups in total. The van der Waals surface area contributed by atoms with Crippen LogP contribution in [0.15, 0.2) is 53.3 Å². The van der Waals surface area contributed by atoms with Crippen molar-refractivity contribution in [2.45, 2.75) is 12.8 Å². The van der Waals surface area contributed by atoms with E-state index < -0.39 is 0 Å². The van der Waals surface area contributed by atoms with Gasteiger partial charge in [0.25, 0.3) is 0 Å². The Labute approximate surface area is 155 Å². The number of fused-ring (bicyclic) bond motifs is 1. The lowest BCUT2D eigenvalue weighted by molar-refractivity contribution is -0.106. The van der Waals surface area contributed by atoms with Crippen molar-refractivity contribution in [1.82, 2.24) is 9.55 Å². The van der Waals surface area contributed by atoms with Crippen LogP contribution in [0.2, 0.25) is 5.02 Å². The minimum atomic E-state index is -0.270. The maximum Gasteiger partial charge on any atom is 0.354 e. The highest BCUT2D eigenvalue weighted by Crippen LogP contribution is 2.29. The fourth-order valence-corrected chi connectivity index (χ4v) is 3.35. The summed E-state index contributed by atoms with van der Waals surface area (Å²) in [6.45, 7) is 1.89. The largest absolute Gasteiger partial charge is 0.372 e. The van der Waals surface area contributed by atoms with Crippen molar-refractivity contribution in [2.24, 2.45) is 5.73 Å². The Morgan fingerprint density at radius 3 is 2.38 bits per heavy atom. The van der Waals surface area contributed by atoms with Crippen molar-refractivity contribution < 1.29 is 4.79 Å². The average molecular weight is 371 g/mol. The van der Waals surface area contributed by atoms with Gasteiger partial charge in [0.15, 0.2) is 0 Å². The number of carbonyl (C=O) groups excluding carboxylic acids is 1. The van der Waals surface area contributed by atoms with Gasteiger partial charge in [0.2, 0.25) is 6.41 Å². The summed E-state index contributed by atoms with van der Waals surface area (Å²) in [5.41, 5.74) is 5.49. The summed E-state index contributed by atoms with van der Waals surface area (Å²) in [7, 11) is 0. The third kappa shape index (κ3) is 3.55. The maximum absolute atomic E-state index is 12.7. The van der Waals surface area contributed by atoms with Gasteiger partial charge in [0.1, 0.15) is 5.82 Å². The first-order valence-corrected chi connectivity index (χ1v) is 8.71. The molecule has 1 saturated heterocycles. The van der Waals surface area contributed by atoms with Crippen molar-refractivity contribution >= 4 is 34.7 Å². The van der Waals surface area contributed by atoms with Crippen LogP contribution in [0.5, 0.6) is 0 Å². The van der Waals surface area contributed by atoms with Crippen LogP contribution in [-0.4, -0.2) is 29.1 Å². The number of rotatable bonds is 2. The molecule has 2 aromatic carbocycles. The summed E-state index contributed by atoms with van der Waals surface area (Å²) >= 11 is 6.19. The smallest absolute Gasteiger partial charge is 0.354 e. The number of hydrogen-bond acceptors (Lipinski definition) is 4. The number of nitrogens with zero attached hydrogens (tertiary/aromatic N) is 3. The van der Waals surface area contributed by atoms with Crippen molar-refractivity contribution in [1.29, 1.82) is 0 Å². The molecular formula is C19H19ClN4O2. The van der Waals surface area contributed by atoms with Crippen LogP contribution >= 0.6 is 11.6 Å². The first-order valence-electron chi connectivity index (χ1n) is 8.33. The molecule has 1 aliphatic heterocycles. The normalized spacial score (nSPS) is 13.3. The van der Waals surface area contributed by atoms with Gasteiger partial charge in [0, 0.05) is 23.5 Å². The quantitative estimate of drug-likeness (QED) is 0.703. The molecule has 0 unspecified atom stereocenters. The molecule has 26 heavy (non-hydrogen) atoms. The zero-order chi connectivity index (χ0) is 18.5. The number of anilines is 1. The number of amides is 1. The predicted molar refractivity (Wildman–Crippen MR) is 104 cm³/mol. The highest BCUT2D eigenvalue weighted by Gasteiger charge is 2.19. The lowest BCUT2D eigenvalue weighted by atomic mass is 10.2. The number of hydrogen-bond donors (Lipinski definition) is 1. The summed E-state index contributed by atoms with van der Waals surface area (Å²) in [6.07, 6.45) is 2.52. The third-order valence-corrected chi connectivity index (χ3v) is 4.49. The van der Waals surface area contributed by atoms with Crippen molar-refractivity contribution in [3.8, 4) is 5.69 Å². The van der Waals surface area contributed by atoms with Gasteiger partial charge in [0.05, 0.1) is 11.2 Å². The molecule has 6 nitrogen and oxygen atoms in total. The molecule has 0 bridgehead atoms. The molecule has 1 amide bonds. The Bertz CT molecular complexity index is 966. The van der Waals surface area contributed by atoms with Crippen LogP contribution in [0, 0.1) is 0 Å². The molecule has 2 heterocycles. The molecular weight excluding hydrogens is 352 g/mol. The number of halogens is 1. The first-order chi connectivity index (χ1) is 12.7. The minimum absolute atomic E-state index is 0.250. The van der Waals surface area contributed by atoms with E-state index in [-0.39, 0.29) is 12.1 Å². The van der Waals surface area contributed by atoms with Crippen molar-refractivity contribution in [2.75, 3.05) is 18.0 Å². The molecule has 0 spiro atoms. The van der Waals surface area contributed by atoms with Crippen molar-refractivity contribution in [3.63, 3.8) is 0 Å². The van der Waals surface area contributed by atoms with Crippen LogP contribution in [0.1, 0.15) is 12.8 Å². The Morgan fingerprint density at radius 2 is 1.73 bits per heavy atom. The second-order valence-corrected chi connectivity index (χ2v) is 6.32. The molecule has 1 fully saturated rings. The van der Waals surface area contributed by atoms with Gasteiger partial charge in [-0.1, -0.05) is 29.8 Å². The van der Waals surface area contributed by atoms with E-state index in [1.165, 1.54) is 0 Å². The minimum Gasteiger partial charge on any atom is -0.372 e. The van der Waals surface area contributed by atoms with E-state index in [9.17, 15) is 4.79 Å². The molecule has 0 saturated carbocycles. The lowest BCUT2D eigenvalue weighted by Gasteiger charge is -2.20. The monoisotopic (exact) mass is 370 g/mol. The van der Waals surface area contributed by atoms with E-state index in [0.29, 0.717) is 5.02 Å². The molecule has 1 aliphatic rings. The van der Waals surface area contributed by atoms with Crippen molar-refractivity contribution in [3.05, 3.63) is 64.0 Å². The third-order valence-electron chi connectivity index (χ3n) is 4.25. The second kappa shape index (κ2) is 8.01. The number of nitrogens with two attached hydrogens (primary N) is 1. The summed E-state index contributed by atoms with van der Waals surface area (Å²) < 4.78 is 1.63. The Morgan fingerprint density at radius 1 is 1.08 bits per heavy atom. The van der Waals surface area contributed by atoms with Crippen LogP contribution in [0.3, 0.4) is 0 Å². The first kappa shape index (κ1) is 17.9. The van der Waals surface area contributed by atoms with Crippen LogP contribution in [0.4, 0.5) is 5.82 Å². The van der Waals surface area contributed by atoms with Gasteiger partial charge in [-0.2, -0.15) is 4.98 Å². The Balaban J connectivity index is 0.000000613. The number of primary amides is 1. The Kier molecular flexibility index (Phi) is 5.53. The zero-order valence-electron chi connectivity index (χ0n) is 14.1. The van der Waals surface area contributed by atoms with Crippen LogP contribution < -0.4 is 16.3 Å². The molecule has 7 heteroatoms. The van der Waals surface area contributed by atoms with E-state index in [1.54, 1.807) is 4.57 Å². The van der Waals surface area contributed by atoms with E-state index >= 15 is 0 Å².